The van der Waals surface area contributed by atoms with Gasteiger partial charge in [0.25, 0.3) is 0 Å². The van der Waals surface area contributed by atoms with E-state index in [1.807, 2.05) is 24.3 Å². The van der Waals surface area contributed by atoms with E-state index in [2.05, 4.69) is 15.0 Å². The molecule has 7 nitrogen and oxygen atoms in total. The van der Waals surface area contributed by atoms with Crippen LogP contribution in [0.2, 0.25) is 0 Å². The monoisotopic (exact) mass is 310 g/mol. The molecule has 0 amide bonds. The van der Waals surface area contributed by atoms with Crippen LogP contribution in [0.5, 0.6) is 0 Å². The van der Waals surface area contributed by atoms with E-state index in [-0.39, 0.29) is 5.96 Å². The molecule has 0 aliphatic rings. The third kappa shape index (κ3) is 3.23. The van der Waals surface area contributed by atoms with Crippen molar-refractivity contribution in [3.05, 3.63) is 42.4 Å². The Morgan fingerprint density at radius 1 is 1.22 bits per heavy atom. The molecule has 0 aliphatic heterocycles. The first-order chi connectivity index (χ1) is 11.1. The number of benzene rings is 1. The van der Waals surface area contributed by atoms with E-state index in [0.717, 1.165) is 34.3 Å². The van der Waals surface area contributed by atoms with Crippen LogP contribution in [-0.2, 0) is 6.42 Å². The second-order valence-electron chi connectivity index (χ2n) is 5.14. The van der Waals surface area contributed by atoms with Gasteiger partial charge in [-0.05, 0) is 18.9 Å². The number of nitrogens with zero attached hydrogens (tertiary/aromatic N) is 3. The summed E-state index contributed by atoms with van der Waals surface area (Å²) in [5.41, 5.74) is 19.7. The van der Waals surface area contributed by atoms with Crippen LogP contribution in [-0.4, -0.2) is 22.5 Å². The van der Waals surface area contributed by atoms with Gasteiger partial charge in [0.1, 0.15) is 17.7 Å². The SMILES string of the molecule is NC(N)=NCCCc1nc(-c2coc3ccccc23)cnc1N. The van der Waals surface area contributed by atoms with Crippen LogP contribution >= 0.6 is 0 Å². The number of nitrogen functional groups attached to an aromatic ring is 1. The molecule has 0 aliphatic carbocycles. The summed E-state index contributed by atoms with van der Waals surface area (Å²) in [6, 6.07) is 7.80. The molecule has 0 bridgehead atoms. The predicted octanol–water partition coefficient (Wildman–Crippen LogP) is 1.68. The molecule has 0 fully saturated rings. The van der Waals surface area contributed by atoms with Crippen LogP contribution in [0.4, 0.5) is 5.82 Å². The highest BCUT2D eigenvalue weighted by molar-refractivity contribution is 5.92. The van der Waals surface area contributed by atoms with Gasteiger partial charge in [0.05, 0.1) is 17.6 Å². The quantitative estimate of drug-likeness (QED) is 0.373. The van der Waals surface area contributed by atoms with Crippen molar-refractivity contribution in [2.24, 2.45) is 16.5 Å². The summed E-state index contributed by atoms with van der Waals surface area (Å²) >= 11 is 0. The Labute approximate surface area is 133 Å². The van der Waals surface area contributed by atoms with E-state index >= 15 is 0 Å². The van der Waals surface area contributed by atoms with Gasteiger partial charge in [-0.3, -0.25) is 4.99 Å². The van der Waals surface area contributed by atoms with Crippen molar-refractivity contribution < 1.29 is 4.42 Å². The normalized spacial score (nSPS) is 10.8. The molecule has 0 spiro atoms. The maximum absolute atomic E-state index is 5.92. The molecule has 3 rings (SSSR count). The number of hydrogen-bond acceptors (Lipinski definition) is 5. The van der Waals surface area contributed by atoms with Gasteiger partial charge in [0, 0.05) is 17.5 Å². The molecule has 7 heteroatoms. The molecule has 6 N–H and O–H groups in total. The maximum atomic E-state index is 5.92. The third-order valence-corrected chi connectivity index (χ3v) is 3.50. The summed E-state index contributed by atoms with van der Waals surface area (Å²) in [5, 5.41) is 0.998. The number of nitrogens with two attached hydrogens (primary N) is 3. The van der Waals surface area contributed by atoms with E-state index in [9.17, 15) is 0 Å². The van der Waals surface area contributed by atoms with Gasteiger partial charge < -0.3 is 21.6 Å². The van der Waals surface area contributed by atoms with Gasteiger partial charge >= 0.3 is 0 Å². The molecule has 0 saturated carbocycles. The number of fused-ring (bicyclic) bond motifs is 1. The lowest BCUT2D eigenvalue weighted by atomic mass is 10.1. The standard InChI is InChI=1S/C16H18N6O/c17-15-12(5-3-7-20-16(18)19)22-13(8-21-15)11-9-23-14-6-2-1-4-10(11)14/h1-2,4,6,8-9H,3,5,7H2,(H2,17,21)(H4,18,19,20). The third-order valence-electron chi connectivity index (χ3n) is 3.50. The van der Waals surface area contributed by atoms with Crippen LogP contribution in [0.1, 0.15) is 12.1 Å². The summed E-state index contributed by atoms with van der Waals surface area (Å²) in [6.07, 6.45) is 4.74. The number of aryl methyl sites for hydroxylation is 1. The topological polar surface area (TPSA) is 129 Å². The molecule has 0 unspecified atom stereocenters. The number of guanidine groups is 1. The highest BCUT2D eigenvalue weighted by Crippen LogP contribution is 2.29. The van der Waals surface area contributed by atoms with Crippen molar-refractivity contribution in [3.8, 4) is 11.3 Å². The molecule has 1 aromatic carbocycles. The number of aromatic nitrogens is 2. The smallest absolute Gasteiger partial charge is 0.185 e. The van der Waals surface area contributed by atoms with Crippen molar-refractivity contribution in [3.63, 3.8) is 0 Å². The van der Waals surface area contributed by atoms with Crippen LogP contribution in [0.3, 0.4) is 0 Å². The molecule has 0 atom stereocenters. The lowest BCUT2D eigenvalue weighted by Gasteiger charge is -2.06. The zero-order chi connectivity index (χ0) is 16.2. The zero-order valence-electron chi connectivity index (χ0n) is 12.6. The van der Waals surface area contributed by atoms with Crippen molar-refractivity contribution in [2.45, 2.75) is 12.8 Å². The highest BCUT2D eigenvalue weighted by Gasteiger charge is 2.11. The van der Waals surface area contributed by atoms with Gasteiger partial charge in [0.2, 0.25) is 0 Å². The summed E-state index contributed by atoms with van der Waals surface area (Å²) in [5.74, 6) is 0.508. The number of anilines is 1. The van der Waals surface area contributed by atoms with E-state index in [1.54, 1.807) is 12.5 Å². The van der Waals surface area contributed by atoms with Crippen LogP contribution in [0.15, 0.2) is 46.1 Å². The number of furan rings is 1. The first-order valence-corrected chi connectivity index (χ1v) is 7.28. The van der Waals surface area contributed by atoms with Gasteiger partial charge in [-0.2, -0.15) is 0 Å². The molecule has 23 heavy (non-hydrogen) atoms. The highest BCUT2D eigenvalue weighted by atomic mass is 16.3. The Morgan fingerprint density at radius 2 is 2.04 bits per heavy atom. The fraction of sp³-hybridized carbons (Fsp3) is 0.188. The fourth-order valence-electron chi connectivity index (χ4n) is 2.38. The Kier molecular flexibility index (Phi) is 4.09. The minimum absolute atomic E-state index is 0.0858. The first kappa shape index (κ1) is 14.8. The largest absolute Gasteiger partial charge is 0.464 e. The average molecular weight is 310 g/mol. The molecular formula is C16H18N6O. The summed E-state index contributed by atoms with van der Waals surface area (Å²) in [6.45, 7) is 0.530. The van der Waals surface area contributed by atoms with Gasteiger partial charge in [-0.1, -0.05) is 18.2 Å². The predicted molar refractivity (Wildman–Crippen MR) is 90.7 cm³/mol. The number of aliphatic imine (C=N–C) groups is 1. The molecule has 3 aromatic rings. The van der Waals surface area contributed by atoms with E-state index in [0.29, 0.717) is 18.8 Å². The Hall–Kier alpha value is -3.09. The van der Waals surface area contributed by atoms with E-state index in [4.69, 9.17) is 21.6 Å². The summed E-state index contributed by atoms with van der Waals surface area (Å²) in [7, 11) is 0. The lowest BCUT2D eigenvalue weighted by molar-refractivity contribution is 0.616. The first-order valence-electron chi connectivity index (χ1n) is 7.28. The molecule has 0 saturated heterocycles. The van der Waals surface area contributed by atoms with Crippen LogP contribution in [0.25, 0.3) is 22.2 Å². The Morgan fingerprint density at radius 3 is 2.87 bits per heavy atom. The molecule has 2 heterocycles. The Bertz CT molecular complexity index is 851. The lowest BCUT2D eigenvalue weighted by Crippen LogP contribution is -2.23. The van der Waals surface area contributed by atoms with Crippen LogP contribution in [0, 0.1) is 0 Å². The summed E-state index contributed by atoms with van der Waals surface area (Å²) < 4.78 is 5.55. The van der Waals surface area contributed by atoms with Crippen molar-refractivity contribution in [2.75, 3.05) is 12.3 Å². The average Bonchev–Trinajstić information content (AvgIpc) is 2.97. The van der Waals surface area contributed by atoms with E-state index in [1.165, 1.54) is 0 Å². The molecule has 2 aromatic heterocycles. The minimum Gasteiger partial charge on any atom is -0.464 e. The maximum Gasteiger partial charge on any atom is 0.185 e. The zero-order valence-corrected chi connectivity index (χ0v) is 12.6. The van der Waals surface area contributed by atoms with Crippen molar-refractivity contribution >= 4 is 22.7 Å². The second kappa shape index (κ2) is 6.35. The fourth-order valence-corrected chi connectivity index (χ4v) is 2.38. The molecule has 0 radical (unpaired) electrons. The summed E-state index contributed by atoms with van der Waals surface area (Å²) in [4.78, 5) is 12.8. The van der Waals surface area contributed by atoms with Gasteiger partial charge in [-0.15, -0.1) is 0 Å². The van der Waals surface area contributed by atoms with Crippen molar-refractivity contribution in [1.29, 1.82) is 0 Å². The second-order valence-corrected chi connectivity index (χ2v) is 5.14. The van der Waals surface area contributed by atoms with Gasteiger partial charge in [-0.25, -0.2) is 9.97 Å². The minimum atomic E-state index is 0.0858. The Balaban J connectivity index is 1.86. The molecule has 118 valence electrons. The molecular weight excluding hydrogens is 292 g/mol. The van der Waals surface area contributed by atoms with E-state index < -0.39 is 0 Å². The van der Waals surface area contributed by atoms with Gasteiger partial charge in [0.15, 0.2) is 5.96 Å². The van der Waals surface area contributed by atoms with Crippen LogP contribution < -0.4 is 17.2 Å². The number of rotatable bonds is 5. The number of hydrogen-bond donors (Lipinski definition) is 3. The number of para-hydroxylation sites is 1. The van der Waals surface area contributed by atoms with Crippen molar-refractivity contribution in [1.82, 2.24) is 9.97 Å².